The lowest BCUT2D eigenvalue weighted by Gasteiger charge is -2.08. The lowest BCUT2D eigenvalue weighted by Crippen LogP contribution is -2.33. The third-order valence-electron chi connectivity index (χ3n) is 3.73. The van der Waals surface area contributed by atoms with Crippen LogP contribution in [-0.4, -0.2) is 42.8 Å². The summed E-state index contributed by atoms with van der Waals surface area (Å²) in [6.45, 7) is 3.41. The SMILES string of the molecule is Cc1nn(C)c(C)c1NC(=O)CNC(=O)c1ccc(S(C)(=O)=O)cc1. The summed E-state index contributed by atoms with van der Waals surface area (Å²) in [6, 6.07) is 5.51. The second kappa shape index (κ2) is 7.06. The van der Waals surface area contributed by atoms with Crippen LogP contribution in [0.2, 0.25) is 0 Å². The van der Waals surface area contributed by atoms with Crippen molar-refractivity contribution in [3.8, 4) is 0 Å². The number of anilines is 1. The molecular weight excluding hydrogens is 344 g/mol. The maximum absolute atomic E-state index is 12.0. The zero-order chi connectivity index (χ0) is 18.8. The zero-order valence-corrected chi connectivity index (χ0v) is 15.3. The van der Waals surface area contributed by atoms with Crippen LogP contribution in [0.25, 0.3) is 0 Å². The minimum absolute atomic E-state index is 0.129. The van der Waals surface area contributed by atoms with Gasteiger partial charge in [0.1, 0.15) is 0 Å². The van der Waals surface area contributed by atoms with Crippen LogP contribution < -0.4 is 10.6 Å². The predicted molar refractivity (Wildman–Crippen MR) is 93.2 cm³/mol. The summed E-state index contributed by atoms with van der Waals surface area (Å²) in [7, 11) is -1.54. The van der Waals surface area contributed by atoms with Gasteiger partial charge in [0.25, 0.3) is 5.91 Å². The van der Waals surface area contributed by atoms with Gasteiger partial charge in [0.15, 0.2) is 9.84 Å². The van der Waals surface area contributed by atoms with Crippen molar-refractivity contribution in [2.24, 2.45) is 7.05 Å². The molecule has 2 aromatic rings. The first-order chi connectivity index (χ1) is 11.6. The molecule has 0 saturated carbocycles. The van der Waals surface area contributed by atoms with Gasteiger partial charge in [-0.2, -0.15) is 5.10 Å². The number of aryl methyl sites for hydroxylation is 2. The molecule has 25 heavy (non-hydrogen) atoms. The number of hydrogen-bond donors (Lipinski definition) is 2. The third kappa shape index (κ3) is 4.44. The number of sulfone groups is 1. The van der Waals surface area contributed by atoms with Gasteiger partial charge in [0.05, 0.1) is 28.5 Å². The standard InChI is InChI=1S/C16H20N4O4S/c1-10-15(11(2)20(3)19-10)18-14(21)9-17-16(22)12-5-7-13(8-6-12)25(4,23)24/h5-8H,9H2,1-4H3,(H,17,22)(H,18,21). The Bertz CT molecular complexity index is 914. The molecule has 2 amide bonds. The Morgan fingerprint density at radius 1 is 1.16 bits per heavy atom. The van der Waals surface area contributed by atoms with Crippen LogP contribution in [0.5, 0.6) is 0 Å². The van der Waals surface area contributed by atoms with E-state index in [1.165, 1.54) is 24.3 Å². The van der Waals surface area contributed by atoms with Crippen LogP contribution in [-0.2, 0) is 21.7 Å². The highest BCUT2D eigenvalue weighted by Crippen LogP contribution is 2.17. The van der Waals surface area contributed by atoms with Crippen LogP contribution >= 0.6 is 0 Å². The molecule has 0 bridgehead atoms. The first kappa shape index (κ1) is 18.7. The minimum Gasteiger partial charge on any atom is -0.343 e. The van der Waals surface area contributed by atoms with Gasteiger partial charge in [-0.25, -0.2) is 8.42 Å². The highest BCUT2D eigenvalue weighted by molar-refractivity contribution is 7.90. The summed E-state index contributed by atoms with van der Waals surface area (Å²) in [5.41, 5.74) is 2.40. The molecule has 1 aromatic heterocycles. The number of nitrogens with one attached hydrogen (secondary N) is 2. The van der Waals surface area contributed by atoms with Crippen molar-refractivity contribution in [3.05, 3.63) is 41.2 Å². The van der Waals surface area contributed by atoms with Gasteiger partial charge in [-0.3, -0.25) is 14.3 Å². The van der Waals surface area contributed by atoms with Gasteiger partial charge in [0, 0.05) is 18.9 Å². The second-order valence-corrected chi connectivity index (χ2v) is 7.71. The molecule has 0 unspecified atom stereocenters. The molecule has 0 radical (unpaired) electrons. The van der Waals surface area contributed by atoms with Crippen molar-refractivity contribution in [2.45, 2.75) is 18.7 Å². The van der Waals surface area contributed by atoms with Crippen molar-refractivity contribution in [1.29, 1.82) is 0 Å². The van der Waals surface area contributed by atoms with E-state index in [0.717, 1.165) is 11.9 Å². The molecule has 0 aliphatic carbocycles. The molecule has 0 spiro atoms. The van der Waals surface area contributed by atoms with E-state index in [0.29, 0.717) is 11.4 Å². The fraction of sp³-hybridized carbons (Fsp3) is 0.312. The van der Waals surface area contributed by atoms with E-state index in [1.54, 1.807) is 18.7 Å². The Morgan fingerprint density at radius 3 is 2.24 bits per heavy atom. The number of carbonyl (C=O) groups excluding carboxylic acids is 2. The van der Waals surface area contributed by atoms with Gasteiger partial charge in [0.2, 0.25) is 5.91 Å². The maximum atomic E-state index is 12.0. The molecule has 1 aromatic carbocycles. The Morgan fingerprint density at radius 2 is 1.76 bits per heavy atom. The van der Waals surface area contributed by atoms with Gasteiger partial charge in [-0.15, -0.1) is 0 Å². The molecule has 2 rings (SSSR count). The quantitative estimate of drug-likeness (QED) is 0.816. The van der Waals surface area contributed by atoms with Crippen molar-refractivity contribution >= 4 is 27.3 Å². The van der Waals surface area contributed by atoms with E-state index in [1.807, 2.05) is 6.92 Å². The van der Waals surface area contributed by atoms with Gasteiger partial charge in [-0.1, -0.05) is 0 Å². The van der Waals surface area contributed by atoms with E-state index >= 15 is 0 Å². The Kier molecular flexibility index (Phi) is 5.27. The number of benzene rings is 1. The van der Waals surface area contributed by atoms with Crippen LogP contribution in [0.3, 0.4) is 0 Å². The van der Waals surface area contributed by atoms with Crippen molar-refractivity contribution in [2.75, 3.05) is 18.1 Å². The summed E-state index contributed by atoms with van der Waals surface area (Å²) < 4.78 is 24.5. The number of nitrogens with zero attached hydrogens (tertiary/aromatic N) is 2. The number of rotatable bonds is 5. The second-order valence-electron chi connectivity index (χ2n) is 5.70. The van der Waals surface area contributed by atoms with Gasteiger partial charge in [-0.05, 0) is 38.1 Å². The zero-order valence-electron chi connectivity index (χ0n) is 14.5. The molecular formula is C16H20N4O4S. The number of hydrogen-bond acceptors (Lipinski definition) is 5. The molecule has 8 nitrogen and oxygen atoms in total. The molecule has 2 N–H and O–H groups in total. The molecule has 134 valence electrons. The summed E-state index contributed by atoms with van der Waals surface area (Å²) in [4.78, 5) is 24.2. The monoisotopic (exact) mass is 364 g/mol. The summed E-state index contributed by atoms with van der Waals surface area (Å²) in [6.07, 6.45) is 1.09. The summed E-state index contributed by atoms with van der Waals surface area (Å²) in [5.74, 6) is -0.838. The molecule has 0 aliphatic rings. The molecule has 0 fully saturated rings. The highest BCUT2D eigenvalue weighted by Gasteiger charge is 2.14. The maximum Gasteiger partial charge on any atom is 0.251 e. The van der Waals surface area contributed by atoms with E-state index in [-0.39, 0.29) is 22.9 Å². The third-order valence-corrected chi connectivity index (χ3v) is 4.86. The Hall–Kier alpha value is -2.68. The average Bonchev–Trinajstić information content (AvgIpc) is 2.78. The van der Waals surface area contributed by atoms with Crippen LogP contribution in [0.4, 0.5) is 5.69 Å². The highest BCUT2D eigenvalue weighted by atomic mass is 32.2. The topological polar surface area (TPSA) is 110 Å². The van der Waals surface area contributed by atoms with Crippen molar-refractivity contribution < 1.29 is 18.0 Å². The van der Waals surface area contributed by atoms with Gasteiger partial charge < -0.3 is 10.6 Å². The van der Waals surface area contributed by atoms with E-state index < -0.39 is 15.7 Å². The normalized spacial score (nSPS) is 11.2. The van der Waals surface area contributed by atoms with E-state index in [2.05, 4.69) is 15.7 Å². The number of aromatic nitrogens is 2. The minimum atomic E-state index is -3.32. The predicted octanol–water partition coefficient (Wildman–Crippen LogP) is 0.809. The Balaban J connectivity index is 1.96. The fourth-order valence-corrected chi connectivity index (χ4v) is 2.88. The molecule has 0 atom stereocenters. The fourth-order valence-electron chi connectivity index (χ4n) is 2.25. The van der Waals surface area contributed by atoms with E-state index in [4.69, 9.17) is 0 Å². The van der Waals surface area contributed by atoms with Crippen LogP contribution in [0, 0.1) is 13.8 Å². The van der Waals surface area contributed by atoms with Crippen molar-refractivity contribution in [3.63, 3.8) is 0 Å². The lowest BCUT2D eigenvalue weighted by molar-refractivity contribution is -0.115. The van der Waals surface area contributed by atoms with E-state index in [9.17, 15) is 18.0 Å². The lowest BCUT2D eigenvalue weighted by atomic mass is 10.2. The van der Waals surface area contributed by atoms with Crippen LogP contribution in [0.1, 0.15) is 21.7 Å². The summed E-state index contributed by atoms with van der Waals surface area (Å²) >= 11 is 0. The Labute approximate surface area is 146 Å². The smallest absolute Gasteiger partial charge is 0.251 e. The summed E-state index contributed by atoms with van der Waals surface area (Å²) in [5, 5.41) is 9.41. The van der Waals surface area contributed by atoms with Gasteiger partial charge >= 0.3 is 0 Å². The molecule has 9 heteroatoms. The first-order valence-electron chi connectivity index (χ1n) is 7.48. The number of amides is 2. The molecule has 1 heterocycles. The molecule has 0 aliphatic heterocycles. The van der Waals surface area contributed by atoms with Crippen LogP contribution in [0.15, 0.2) is 29.2 Å². The van der Waals surface area contributed by atoms with Crippen molar-refractivity contribution in [1.82, 2.24) is 15.1 Å². The molecule has 0 saturated heterocycles. The average molecular weight is 364 g/mol. The largest absolute Gasteiger partial charge is 0.343 e. The first-order valence-corrected chi connectivity index (χ1v) is 9.37. The number of carbonyl (C=O) groups is 2.